The maximum atomic E-state index is 12.5. The first kappa shape index (κ1) is 21.4. The van der Waals surface area contributed by atoms with Gasteiger partial charge in [-0.25, -0.2) is 9.50 Å². The van der Waals surface area contributed by atoms with Crippen LogP contribution in [0.1, 0.15) is 34.9 Å². The Morgan fingerprint density at radius 3 is 2.77 bits per heavy atom. The maximum Gasteiger partial charge on any atom is 0.275 e. The first-order valence-electron chi connectivity index (χ1n) is 10.6. The molecule has 0 aliphatic carbocycles. The summed E-state index contributed by atoms with van der Waals surface area (Å²) in [4.78, 5) is 19.5. The number of methoxy groups -OCH3 is 2. The second kappa shape index (κ2) is 9.11. The quantitative estimate of drug-likeness (QED) is 0.558. The van der Waals surface area contributed by atoms with E-state index in [1.807, 2.05) is 32.0 Å². The second-order valence-corrected chi connectivity index (χ2v) is 8.08. The number of fused-ring (bicyclic) bond motifs is 1. The van der Waals surface area contributed by atoms with Crippen LogP contribution in [-0.2, 0) is 11.3 Å². The highest BCUT2D eigenvalue weighted by Crippen LogP contribution is 2.31. The van der Waals surface area contributed by atoms with Crippen LogP contribution in [0.5, 0.6) is 11.5 Å². The average molecular weight is 427 g/mol. The molecule has 0 bridgehead atoms. The van der Waals surface area contributed by atoms with Gasteiger partial charge < -0.3 is 14.2 Å². The molecule has 0 radical (unpaired) electrons. The zero-order valence-corrected chi connectivity index (χ0v) is 18.6. The van der Waals surface area contributed by atoms with Crippen molar-refractivity contribution in [2.45, 2.75) is 32.7 Å². The van der Waals surface area contributed by atoms with E-state index in [2.05, 4.69) is 21.0 Å². The standard InChI is InChI=1S/C23H30N4O4/c1-15-16(2)24-22-12-19(25-27(22)23(15)28)18-7-8-26(14-18)13-17-5-6-20(30-4)21(11-17)31-10-9-29-3/h5-6,11-12,18,25H,7-10,13-14H2,1-4H3. The Morgan fingerprint density at radius 2 is 2.00 bits per heavy atom. The van der Waals surface area contributed by atoms with Crippen LogP contribution >= 0.6 is 0 Å². The minimum absolute atomic E-state index is 0.0251. The summed E-state index contributed by atoms with van der Waals surface area (Å²) in [5.74, 6) is 1.80. The molecule has 1 saturated heterocycles. The highest BCUT2D eigenvalue weighted by molar-refractivity contribution is 5.44. The Kier molecular flexibility index (Phi) is 6.29. The number of nitrogens with zero attached hydrogens (tertiary/aromatic N) is 3. The largest absolute Gasteiger partial charge is 0.493 e. The van der Waals surface area contributed by atoms with E-state index in [-0.39, 0.29) is 5.56 Å². The predicted octanol–water partition coefficient (Wildman–Crippen LogP) is 2.66. The molecule has 1 unspecified atom stereocenters. The van der Waals surface area contributed by atoms with Gasteiger partial charge in [0.2, 0.25) is 0 Å². The van der Waals surface area contributed by atoms with Crippen molar-refractivity contribution < 1.29 is 14.2 Å². The number of benzene rings is 1. The van der Waals surface area contributed by atoms with Gasteiger partial charge in [0.15, 0.2) is 17.1 Å². The molecule has 1 aliphatic heterocycles. The van der Waals surface area contributed by atoms with Crippen molar-refractivity contribution in [1.82, 2.24) is 19.5 Å². The fraction of sp³-hybridized carbons (Fsp3) is 0.478. The number of ether oxygens (including phenoxy) is 3. The molecule has 1 aromatic carbocycles. The number of nitrogens with one attached hydrogen (secondary N) is 1. The molecule has 1 N–H and O–H groups in total. The lowest BCUT2D eigenvalue weighted by Crippen LogP contribution is -2.20. The van der Waals surface area contributed by atoms with Gasteiger partial charge in [-0.05, 0) is 44.5 Å². The first-order chi connectivity index (χ1) is 15.0. The van der Waals surface area contributed by atoms with E-state index in [0.29, 0.717) is 30.3 Å². The van der Waals surface area contributed by atoms with Crippen molar-refractivity contribution in [2.75, 3.05) is 40.5 Å². The monoisotopic (exact) mass is 426 g/mol. The van der Waals surface area contributed by atoms with E-state index >= 15 is 0 Å². The van der Waals surface area contributed by atoms with Gasteiger partial charge >= 0.3 is 0 Å². The van der Waals surface area contributed by atoms with Crippen molar-refractivity contribution in [3.8, 4) is 11.5 Å². The fourth-order valence-corrected chi connectivity index (χ4v) is 4.10. The van der Waals surface area contributed by atoms with Gasteiger partial charge in [0.1, 0.15) is 6.61 Å². The van der Waals surface area contributed by atoms with Gasteiger partial charge in [-0.2, -0.15) is 0 Å². The van der Waals surface area contributed by atoms with Gasteiger partial charge in [0.25, 0.3) is 5.56 Å². The van der Waals surface area contributed by atoms with Crippen molar-refractivity contribution in [3.63, 3.8) is 0 Å². The summed E-state index contributed by atoms with van der Waals surface area (Å²) in [5.41, 5.74) is 4.37. The SMILES string of the molecule is COCCOc1cc(CN2CCC(c3cc4nc(C)c(C)c(=O)n4[nH]3)C2)ccc1OC. The molecule has 2 aromatic heterocycles. The van der Waals surface area contributed by atoms with Crippen molar-refractivity contribution >= 4 is 5.65 Å². The number of H-pyrrole nitrogens is 1. The summed E-state index contributed by atoms with van der Waals surface area (Å²) < 4.78 is 17.9. The first-order valence-corrected chi connectivity index (χ1v) is 10.6. The van der Waals surface area contributed by atoms with E-state index in [1.54, 1.807) is 18.7 Å². The molecule has 8 nitrogen and oxygen atoms in total. The Bertz CT molecular complexity index is 1120. The molecule has 0 saturated carbocycles. The van der Waals surface area contributed by atoms with E-state index in [1.165, 1.54) is 5.56 Å². The highest BCUT2D eigenvalue weighted by Gasteiger charge is 2.26. The molecule has 1 fully saturated rings. The molecule has 166 valence electrons. The van der Waals surface area contributed by atoms with Crippen molar-refractivity contribution in [2.24, 2.45) is 0 Å². The Balaban J connectivity index is 1.46. The molecule has 0 spiro atoms. The van der Waals surface area contributed by atoms with Crippen LogP contribution in [0.3, 0.4) is 0 Å². The molecule has 8 heteroatoms. The Hall–Kier alpha value is -2.84. The molecule has 4 rings (SSSR count). The normalized spacial score (nSPS) is 16.8. The van der Waals surface area contributed by atoms with Crippen molar-refractivity contribution in [1.29, 1.82) is 0 Å². The Morgan fingerprint density at radius 1 is 1.16 bits per heavy atom. The van der Waals surface area contributed by atoms with E-state index < -0.39 is 0 Å². The summed E-state index contributed by atoms with van der Waals surface area (Å²) in [7, 11) is 3.30. The lowest BCUT2D eigenvalue weighted by atomic mass is 10.1. The van der Waals surface area contributed by atoms with Crippen LogP contribution in [0.25, 0.3) is 5.65 Å². The predicted molar refractivity (Wildman–Crippen MR) is 118 cm³/mol. The number of hydrogen-bond acceptors (Lipinski definition) is 6. The molecular formula is C23H30N4O4. The van der Waals surface area contributed by atoms with Gasteiger partial charge in [-0.15, -0.1) is 0 Å². The van der Waals surface area contributed by atoms with Gasteiger partial charge in [-0.3, -0.25) is 14.8 Å². The summed E-state index contributed by atoms with van der Waals surface area (Å²) in [5, 5.41) is 3.28. The lowest BCUT2D eigenvalue weighted by Gasteiger charge is -2.17. The van der Waals surface area contributed by atoms with E-state index in [0.717, 1.165) is 48.9 Å². The Labute approximate surface area is 181 Å². The molecule has 1 atom stereocenters. The number of aromatic amines is 1. The number of aryl methyl sites for hydroxylation is 1. The molecule has 3 heterocycles. The minimum atomic E-state index is -0.0251. The van der Waals surface area contributed by atoms with E-state index in [9.17, 15) is 4.79 Å². The molecule has 31 heavy (non-hydrogen) atoms. The van der Waals surface area contributed by atoms with Gasteiger partial charge in [-0.1, -0.05) is 6.07 Å². The number of likely N-dealkylation sites (tertiary alicyclic amines) is 1. The summed E-state index contributed by atoms with van der Waals surface area (Å²) in [6, 6.07) is 8.08. The summed E-state index contributed by atoms with van der Waals surface area (Å²) in [6.45, 7) is 7.45. The summed E-state index contributed by atoms with van der Waals surface area (Å²) >= 11 is 0. The molecule has 3 aromatic rings. The maximum absolute atomic E-state index is 12.5. The van der Waals surface area contributed by atoms with Crippen molar-refractivity contribution in [3.05, 3.63) is 57.1 Å². The van der Waals surface area contributed by atoms with Crippen LogP contribution in [0.2, 0.25) is 0 Å². The minimum Gasteiger partial charge on any atom is -0.493 e. The lowest BCUT2D eigenvalue weighted by molar-refractivity contribution is 0.144. The van der Waals surface area contributed by atoms with Crippen LogP contribution < -0.4 is 15.0 Å². The fourth-order valence-electron chi connectivity index (χ4n) is 4.10. The number of rotatable bonds is 8. The molecular weight excluding hydrogens is 396 g/mol. The molecule has 1 aliphatic rings. The summed E-state index contributed by atoms with van der Waals surface area (Å²) in [6.07, 6.45) is 1.03. The van der Waals surface area contributed by atoms with Gasteiger partial charge in [0, 0.05) is 49.1 Å². The van der Waals surface area contributed by atoms with Crippen LogP contribution in [0, 0.1) is 13.8 Å². The zero-order chi connectivity index (χ0) is 22.0. The number of hydrogen-bond donors (Lipinski definition) is 1. The van der Waals surface area contributed by atoms with E-state index in [4.69, 9.17) is 14.2 Å². The smallest absolute Gasteiger partial charge is 0.275 e. The third-order valence-electron chi connectivity index (χ3n) is 5.99. The van der Waals surface area contributed by atoms with Gasteiger partial charge in [0.05, 0.1) is 13.7 Å². The highest BCUT2D eigenvalue weighted by atomic mass is 16.5. The third kappa shape index (κ3) is 4.45. The van der Waals surface area contributed by atoms with Crippen LogP contribution in [0.4, 0.5) is 0 Å². The van der Waals surface area contributed by atoms with Crippen LogP contribution in [-0.4, -0.2) is 60.0 Å². The topological polar surface area (TPSA) is 81.1 Å². The molecule has 0 amide bonds. The second-order valence-electron chi connectivity index (χ2n) is 8.08. The zero-order valence-electron chi connectivity index (χ0n) is 18.6. The number of aromatic nitrogens is 3. The third-order valence-corrected chi connectivity index (χ3v) is 5.99. The van der Waals surface area contributed by atoms with Crippen LogP contribution in [0.15, 0.2) is 29.1 Å². The average Bonchev–Trinajstić information content (AvgIpc) is 3.40.